The van der Waals surface area contributed by atoms with Crippen molar-refractivity contribution in [1.29, 1.82) is 0 Å². The van der Waals surface area contributed by atoms with E-state index in [0.717, 1.165) is 19.4 Å². The van der Waals surface area contributed by atoms with Gasteiger partial charge in [-0.3, -0.25) is 15.3 Å². The maximum Gasteiger partial charge on any atom is 0.0750 e. The number of allylic oxidation sites excluding steroid dienone is 2. The van der Waals surface area contributed by atoms with Gasteiger partial charge in [-0.25, -0.2) is 0 Å². The second-order valence-electron chi connectivity index (χ2n) is 8.71. The maximum absolute atomic E-state index is 9.43. The van der Waals surface area contributed by atoms with Crippen LogP contribution in [-0.4, -0.2) is 57.4 Å². The van der Waals surface area contributed by atoms with Crippen molar-refractivity contribution in [2.45, 2.75) is 129 Å². The van der Waals surface area contributed by atoms with Crippen LogP contribution in [-0.2, 0) is 0 Å². The lowest BCUT2D eigenvalue weighted by Crippen LogP contribution is -2.49. The van der Waals surface area contributed by atoms with E-state index in [-0.39, 0.29) is 18.7 Å². The first-order chi connectivity index (χ1) is 14.6. The average molecular weight is 429 g/mol. The molecule has 0 radical (unpaired) electrons. The molecular weight excluding hydrogens is 376 g/mol. The molecule has 0 saturated heterocycles. The van der Waals surface area contributed by atoms with E-state index in [1.54, 1.807) is 0 Å². The standard InChI is InChI=1S/C25H52N2O3/c1-4-6-7-8-9-10-11-12-13-14-15-16-17-18-19-20-21-25(24(3)27(29)30)26(5-2)22-23-28/h12-13,24-25,28-30H,4-11,14-23H2,1-3H3/b13-12-. The Bertz CT molecular complexity index is 377. The Morgan fingerprint density at radius 3 is 1.70 bits per heavy atom. The quantitative estimate of drug-likeness (QED) is 0.103. The van der Waals surface area contributed by atoms with E-state index in [4.69, 9.17) is 0 Å². The van der Waals surface area contributed by atoms with E-state index < -0.39 is 0 Å². The van der Waals surface area contributed by atoms with Crippen LogP contribution in [0, 0.1) is 0 Å². The fourth-order valence-electron chi connectivity index (χ4n) is 4.17. The van der Waals surface area contributed by atoms with Crippen molar-refractivity contribution >= 4 is 0 Å². The molecule has 0 heterocycles. The van der Waals surface area contributed by atoms with Crippen LogP contribution in [0.15, 0.2) is 12.2 Å². The summed E-state index contributed by atoms with van der Waals surface area (Å²) in [7, 11) is 0. The van der Waals surface area contributed by atoms with Crippen LogP contribution in [0.5, 0.6) is 0 Å². The van der Waals surface area contributed by atoms with E-state index in [1.165, 1.54) is 83.5 Å². The minimum atomic E-state index is -0.361. The summed E-state index contributed by atoms with van der Waals surface area (Å²) in [6.45, 7) is 7.62. The summed E-state index contributed by atoms with van der Waals surface area (Å²) in [6.07, 6.45) is 23.8. The van der Waals surface area contributed by atoms with Gasteiger partial charge < -0.3 is 5.11 Å². The van der Waals surface area contributed by atoms with Gasteiger partial charge in [0.1, 0.15) is 0 Å². The highest BCUT2D eigenvalue weighted by Gasteiger charge is 2.26. The van der Waals surface area contributed by atoms with Crippen molar-refractivity contribution in [3.05, 3.63) is 12.2 Å². The predicted molar refractivity (Wildman–Crippen MR) is 127 cm³/mol. The lowest BCUT2D eigenvalue weighted by atomic mass is 9.99. The minimum absolute atomic E-state index is 0.0499. The monoisotopic (exact) mass is 428 g/mol. The molecule has 0 bridgehead atoms. The number of rotatable bonds is 22. The third-order valence-electron chi connectivity index (χ3n) is 6.20. The van der Waals surface area contributed by atoms with E-state index in [2.05, 4.69) is 30.9 Å². The second-order valence-corrected chi connectivity index (χ2v) is 8.71. The van der Waals surface area contributed by atoms with Gasteiger partial charge in [0.15, 0.2) is 0 Å². The SMILES string of the molecule is CCCCCCCC/C=C\CCCCCCCCC(C(C)N(O)O)N(CC)CCO. The highest BCUT2D eigenvalue weighted by Crippen LogP contribution is 2.18. The summed E-state index contributed by atoms with van der Waals surface area (Å²) in [5.74, 6) is 0. The first-order valence-electron chi connectivity index (χ1n) is 12.7. The van der Waals surface area contributed by atoms with Gasteiger partial charge in [0.25, 0.3) is 0 Å². The summed E-state index contributed by atoms with van der Waals surface area (Å²) in [6, 6.07) is -0.312. The summed E-state index contributed by atoms with van der Waals surface area (Å²) >= 11 is 0. The van der Waals surface area contributed by atoms with Crippen LogP contribution >= 0.6 is 0 Å². The Balaban J connectivity index is 3.72. The van der Waals surface area contributed by atoms with Crippen molar-refractivity contribution in [3.8, 4) is 0 Å². The van der Waals surface area contributed by atoms with Gasteiger partial charge in [-0.15, -0.1) is 0 Å². The van der Waals surface area contributed by atoms with Crippen molar-refractivity contribution in [1.82, 2.24) is 10.1 Å². The molecule has 0 aromatic rings. The molecular formula is C25H52N2O3. The van der Waals surface area contributed by atoms with Crippen molar-refractivity contribution in [2.75, 3.05) is 19.7 Å². The summed E-state index contributed by atoms with van der Waals surface area (Å²) in [5, 5.41) is 28.5. The summed E-state index contributed by atoms with van der Waals surface area (Å²) in [5.41, 5.74) is 0. The molecule has 3 N–H and O–H groups in total. The molecule has 0 aliphatic heterocycles. The molecule has 0 spiro atoms. The third kappa shape index (κ3) is 16.3. The topological polar surface area (TPSA) is 67.2 Å². The molecule has 2 unspecified atom stereocenters. The molecule has 0 rings (SSSR count). The Morgan fingerprint density at radius 2 is 1.23 bits per heavy atom. The largest absolute Gasteiger partial charge is 0.395 e. The number of hydrogen-bond donors (Lipinski definition) is 3. The number of hydrogen-bond acceptors (Lipinski definition) is 5. The van der Waals surface area contributed by atoms with Gasteiger partial charge >= 0.3 is 0 Å². The van der Waals surface area contributed by atoms with Crippen LogP contribution in [0.2, 0.25) is 0 Å². The van der Waals surface area contributed by atoms with Crippen LogP contribution in [0.3, 0.4) is 0 Å². The zero-order valence-corrected chi connectivity index (χ0v) is 20.3. The predicted octanol–water partition coefficient (Wildman–Crippen LogP) is 6.57. The van der Waals surface area contributed by atoms with Crippen molar-refractivity contribution in [3.63, 3.8) is 0 Å². The van der Waals surface area contributed by atoms with Gasteiger partial charge in [0.05, 0.1) is 12.6 Å². The van der Waals surface area contributed by atoms with Crippen LogP contribution in [0.4, 0.5) is 0 Å². The molecule has 0 aromatic heterocycles. The molecule has 5 heteroatoms. The number of likely N-dealkylation sites (N-methyl/N-ethyl adjacent to an activating group) is 1. The molecule has 30 heavy (non-hydrogen) atoms. The second kappa shape index (κ2) is 21.8. The molecule has 0 aromatic carbocycles. The molecule has 0 saturated carbocycles. The van der Waals surface area contributed by atoms with Gasteiger partial charge in [0, 0.05) is 12.6 Å². The first kappa shape index (κ1) is 29.5. The summed E-state index contributed by atoms with van der Waals surface area (Å²) < 4.78 is 0. The lowest BCUT2D eigenvalue weighted by Gasteiger charge is -2.35. The molecule has 2 atom stereocenters. The molecule has 0 amide bonds. The van der Waals surface area contributed by atoms with Crippen molar-refractivity contribution < 1.29 is 15.5 Å². The fourth-order valence-corrected chi connectivity index (χ4v) is 4.17. The molecule has 0 fully saturated rings. The Morgan fingerprint density at radius 1 is 0.733 bits per heavy atom. The number of nitrogens with zero attached hydrogens (tertiary/aromatic N) is 2. The van der Waals surface area contributed by atoms with Crippen LogP contribution in [0.25, 0.3) is 0 Å². The number of hydroxylamine groups is 2. The van der Waals surface area contributed by atoms with Crippen molar-refractivity contribution in [2.24, 2.45) is 0 Å². The normalized spacial score (nSPS) is 14.3. The highest BCUT2D eigenvalue weighted by atomic mass is 16.8. The number of aliphatic hydroxyl groups is 1. The van der Waals surface area contributed by atoms with E-state index >= 15 is 0 Å². The van der Waals surface area contributed by atoms with Gasteiger partial charge in [-0.2, -0.15) is 0 Å². The zero-order valence-electron chi connectivity index (χ0n) is 20.3. The van der Waals surface area contributed by atoms with Gasteiger partial charge in [-0.1, -0.05) is 95.4 Å². The molecule has 0 aliphatic carbocycles. The van der Waals surface area contributed by atoms with Crippen LogP contribution < -0.4 is 0 Å². The lowest BCUT2D eigenvalue weighted by molar-refractivity contribution is -0.336. The third-order valence-corrected chi connectivity index (χ3v) is 6.20. The molecule has 180 valence electrons. The average Bonchev–Trinajstić information content (AvgIpc) is 2.74. The Kier molecular flexibility index (Phi) is 21.4. The zero-order chi connectivity index (χ0) is 22.5. The van der Waals surface area contributed by atoms with Gasteiger partial charge in [0.2, 0.25) is 0 Å². The molecule has 0 aliphatic rings. The first-order valence-corrected chi connectivity index (χ1v) is 12.7. The maximum atomic E-state index is 9.43. The minimum Gasteiger partial charge on any atom is -0.395 e. The van der Waals surface area contributed by atoms with E-state index in [1.807, 2.05) is 6.92 Å². The fraction of sp³-hybridized carbons (Fsp3) is 0.920. The molecule has 5 nitrogen and oxygen atoms in total. The summed E-state index contributed by atoms with van der Waals surface area (Å²) in [4.78, 5) is 2.14. The number of unbranched alkanes of at least 4 members (excludes halogenated alkanes) is 12. The van der Waals surface area contributed by atoms with Crippen LogP contribution in [0.1, 0.15) is 117 Å². The Labute approximate surface area is 187 Å². The van der Waals surface area contributed by atoms with Gasteiger partial charge in [-0.05, 0) is 45.6 Å². The van der Waals surface area contributed by atoms with E-state index in [0.29, 0.717) is 11.8 Å². The van der Waals surface area contributed by atoms with E-state index in [9.17, 15) is 15.5 Å². The Hall–Kier alpha value is -0.460. The highest BCUT2D eigenvalue weighted by molar-refractivity contribution is 4.81. The smallest absolute Gasteiger partial charge is 0.0750 e. The number of aliphatic hydroxyl groups excluding tert-OH is 1.